The first-order valence-electron chi connectivity index (χ1n) is 7.06. The minimum Gasteiger partial charge on any atom is -0.355 e. The summed E-state index contributed by atoms with van der Waals surface area (Å²) in [6, 6.07) is 1.03. The van der Waals surface area contributed by atoms with Crippen LogP contribution < -0.4 is 10.6 Å². The van der Waals surface area contributed by atoms with E-state index in [4.69, 9.17) is 0 Å². The van der Waals surface area contributed by atoms with E-state index in [0.717, 1.165) is 19.5 Å². The van der Waals surface area contributed by atoms with Crippen LogP contribution >= 0.6 is 0 Å². The molecule has 0 spiro atoms. The number of carbonyl (C=O) groups excluding carboxylic acids is 1. The van der Waals surface area contributed by atoms with Crippen molar-refractivity contribution >= 4 is 5.91 Å². The number of hydrogen-bond acceptors (Lipinski definition) is 3. The minimum atomic E-state index is 0.129. The zero-order valence-electron chi connectivity index (χ0n) is 12.1. The molecule has 4 heteroatoms. The summed E-state index contributed by atoms with van der Waals surface area (Å²) in [6.45, 7) is 6.15. The van der Waals surface area contributed by atoms with Crippen LogP contribution in [0.25, 0.3) is 0 Å². The molecule has 0 aromatic rings. The van der Waals surface area contributed by atoms with Gasteiger partial charge in [-0.3, -0.25) is 4.79 Å². The first-order valence-corrected chi connectivity index (χ1v) is 7.06. The van der Waals surface area contributed by atoms with Gasteiger partial charge in [-0.2, -0.15) is 0 Å². The van der Waals surface area contributed by atoms with E-state index in [1.165, 1.54) is 12.8 Å². The zero-order valence-corrected chi connectivity index (χ0v) is 12.1. The van der Waals surface area contributed by atoms with Crippen molar-refractivity contribution in [3.63, 3.8) is 0 Å². The van der Waals surface area contributed by atoms with E-state index < -0.39 is 0 Å². The lowest BCUT2D eigenvalue weighted by molar-refractivity contribution is -0.126. The molecule has 3 atom stereocenters. The molecule has 104 valence electrons. The van der Waals surface area contributed by atoms with Crippen LogP contribution in [0.3, 0.4) is 0 Å². The van der Waals surface area contributed by atoms with Crippen LogP contribution in [0, 0.1) is 11.3 Å². The van der Waals surface area contributed by atoms with Crippen molar-refractivity contribution in [2.45, 2.75) is 45.2 Å². The Balaban J connectivity index is 1.78. The summed E-state index contributed by atoms with van der Waals surface area (Å²) in [5, 5.41) is 6.67. The topological polar surface area (TPSA) is 44.4 Å². The number of hydrogen-bond donors (Lipinski definition) is 2. The quantitative estimate of drug-likeness (QED) is 0.763. The summed E-state index contributed by atoms with van der Waals surface area (Å²) in [7, 11) is 4.15. The molecule has 18 heavy (non-hydrogen) atoms. The van der Waals surface area contributed by atoms with Crippen molar-refractivity contribution in [1.29, 1.82) is 0 Å². The molecule has 2 saturated heterocycles. The summed E-state index contributed by atoms with van der Waals surface area (Å²) in [6.07, 6.45) is 3.45. The lowest BCUT2D eigenvalue weighted by atomic mass is 9.87. The second-order valence-electron chi connectivity index (χ2n) is 7.01. The number of nitrogens with zero attached hydrogens (tertiary/aromatic N) is 1. The molecule has 2 N–H and O–H groups in total. The van der Waals surface area contributed by atoms with Crippen LogP contribution in [0.15, 0.2) is 0 Å². The van der Waals surface area contributed by atoms with Crippen LogP contribution in [0.5, 0.6) is 0 Å². The molecule has 2 aliphatic rings. The molecule has 2 fully saturated rings. The molecule has 0 saturated carbocycles. The number of carbonyl (C=O) groups is 1. The standard InChI is InChI=1S/C14H27N3O/c1-14(2,9-17(3)4)8-15-13(18)11-7-10-5-6-12(11)16-10/h10-12,16H,5-9H2,1-4H3,(H,15,18). The van der Waals surface area contributed by atoms with Gasteiger partial charge in [0.2, 0.25) is 5.91 Å². The molecule has 4 nitrogen and oxygen atoms in total. The van der Waals surface area contributed by atoms with Crippen molar-refractivity contribution in [3.05, 3.63) is 0 Å². The van der Waals surface area contributed by atoms with Gasteiger partial charge in [0.1, 0.15) is 0 Å². The maximum atomic E-state index is 12.2. The smallest absolute Gasteiger partial charge is 0.224 e. The monoisotopic (exact) mass is 253 g/mol. The summed E-state index contributed by atoms with van der Waals surface area (Å²) in [5.74, 6) is 0.459. The number of nitrogens with one attached hydrogen (secondary N) is 2. The van der Waals surface area contributed by atoms with E-state index in [9.17, 15) is 4.79 Å². The molecule has 2 aliphatic heterocycles. The van der Waals surface area contributed by atoms with Crippen LogP contribution in [0.2, 0.25) is 0 Å². The zero-order chi connectivity index (χ0) is 13.3. The maximum absolute atomic E-state index is 12.2. The summed E-state index contributed by atoms with van der Waals surface area (Å²) < 4.78 is 0. The van der Waals surface area contributed by atoms with Crippen LogP contribution in [-0.4, -0.2) is 50.1 Å². The first kappa shape index (κ1) is 13.8. The van der Waals surface area contributed by atoms with E-state index in [1.54, 1.807) is 0 Å². The van der Waals surface area contributed by atoms with Gasteiger partial charge in [0, 0.05) is 25.2 Å². The van der Waals surface area contributed by atoms with Crippen molar-refractivity contribution in [3.8, 4) is 0 Å². The Bertz CT molecular complexity index is 314. The van der Waals surface area contributed by atoms with E-state index >= 15 is 0 Å². The van der Waals surface area contributed by atoms with Gasteiger partial charge in [0.15, 0.2) is 0 Å². The van der Waals surface area contributed by atoms with E-state index in [1.807, 2.05) is 0 Å². The predicted molar refractivity (Wildman–Crippen MR) is 73.4 cm³/mol. The Hall–Kier alpha value is -0.610. The number of amides is 1. The first-order chi connectivity index (χ1) is 8.37. The van der Waals surface area contributed by atoms with Crippen molar-refractivity contribution in [2.24, 2.45) is 11.3 Å². The van der Waals surface area contributed by atoms with Gasteiger partial charge < -0.3 is 15.5 Å². The fourth-order valence-corrected chi connectivity index (χ4v) is 3.48. The highest BCUT2D eigenvalue weighted by atomic mass is 16.1. The third kappa shape index (κ3) is 3.23. The van der Waals surface area contributed by atoms with E-state index in [0.29, 0.717) is 12.1 Å². The third-order valence-electron chi connectivity index (χ3n) is 4.12. The SMILES string of the molecule is CN(C)CC(C)(C)CNC(=O)C1CC2CCC1N2. The average molecular weight is 253 g/mol. The second kappa shape index (κ2) is 5.17. The molecule has 2 rings (SSSR count). The highest BCUT2D eigenvalue weighted by Gasteiger charge is 2.42. The van der Waals surface area contributed by atoms with Crippen molar-refractivity contribution in [1.82, 2.24) is 15.5 Å². The van der Waals surface area contributed by atoms with Crippen LogP contribution in [-0.2, 0) is 4.79 Å². The lowest BCUT2D eigenvalue weighted by Crippen LogP contribution is -2.44. The van der Waals surface area contributed by atoms with Gasteiger partial charge in [0.25, 0.3) is 0 Å². The Kier molecular flexibility index (Phi) is 3.97. The summed E-state index contributed by atoms with van der Waals surface area (Å²) in [5.41, 5.74) is 0.129. The van der Waals surface area contributed by atoms with E-state index in [2.05, 4.69) is 43.5 Å². The summed E-state index contributed by atoms with van der Waals surface area (Å²) in [4.78, 5) is 14.4. The molecule has 0 aliphatic carbocycles. The molecule has 0 aromatic heterocycles. The Morgan fingerprint density at radius 3 is 2.61 bits per heavy atom. The molecule has 2 heterocycles. The minimum absolute atomic E-state index is 0.129. The summed E-state index contributed by atoms with van der Waals surface area (Å²) >= 11 is 0. The van der Waals surface area contributed by atoms with Gasteiger partial charge in [-0.25, -0.2) is 0 Å². The molecule has 1 amide bonds. The molecule has 3 unspecified atom stereocenters. The van der Waals surface area contributed by atoms with Crippen LogP contribution in [0.4, 0.5) is 0 Å². The molecular weight excluding hydrogens is 226 g/mol. The number of rotatable bonds is 5. The normalized spacial score (nSPS) is 31.1. The van der Waals surface area contributed by atoms with Crippen molar-refractivity contribution in [2.75, 3.05) is 27.2 Å². The van der Waals surface area contributed by atoms with Gasteiger partial charge in [-0.1, -0.05) is 13.8 Å². The van der Waals surface area contributed by atoms with Gasteiger partial charge in [-0.15, -0.1) is 0 Å². The van der Waals surface area contributed by atoms with Gasteiger partial charge >= 0.3 is 0 Å². The maximum Gasteiger partial charge on any atom is 0.224 e. The lowest BCUT2D eigenvalue weighted by Gasteiger charge is -2.29. The number of fused-ring (bicyclic) bond motifs is 2. The Morgan fingerprint density at radius 1 is 1.39 bits per heavy atom. The Labute approximate surface area is 110 Å². The fourth-order valence-electron chi connectivity index (χ4n) is 3.48. The second-order valence-corrected chi connectivity index (χ2v) is 7.01. The molecule has 2 bridgehead atoms. The predicted octanol–water partition coefficient (Wildman–Crippen LogP) is 0.831. The van der Waals surface area contributed by atoms with Gasteiger partial charge in [-0.05, 0) is 38.8 Å². The molecule has 0 radical (unpaired) electrons. The van der Waals surface area contributed by atoms with E-state index in [-0.39, 0.29) is 17.2 Å². The van der Waals surface area contributed by atoms with Crippen molar-refractivity contribution < 1.29 is 4.79 Å². The van der Waals surface area contributed by atoms with Crippen LogP contribution in [0.1, 0.15) is 33.1 Å². The third-order valence-corrected chi connectivity index (χ3v) is 4.12. The highest BCUT2D eigenvalue weighted by molar-refractivity contribution is 5.80. The molecule has 0 aromatic carbocycles. The largest absolute Gasteiger partial charge is 0.355 e. The fraction of sp³-hybridized carbons (Fsp3) is 0.929. The highest BCUT2D eigenvalue weighted by Crippen LogP contribution is 2.33. The van der Waals surface area contributed by atoms with Gasteiger partial charge in [0.05, 0.1) is 5.92 Å². The molecular formula is C14H27N3O. The average Bonchev–Trinajstić information content (AvgIpc) is 2.85. The Morgan fingerprint density at radius 2 is 2.11 bits per heavy atom.